The number of aryl methyl sites for hydroxylation is 1. The van der Waals surface area contributed by atoms with Crippen LogP contribution in [0.25, 0.3) is 10.8 Å². The third kappa shape index (κ3) is 4.79. The lowest BCUT2D eigenvalue weighted by Crippen LogP contribution is -2.27. The van der Waals surface area contributed by atoms with Crippen LogP contribution in [0.3, 0.4) is 0 Å². The number of para-hydroxylation sites is 1. The van der Waals surface area contributed by atoms with E-state index in [0.29, 0.717) is 19.6 Å². The maximum atomic E-state index is 12.4. The number of methoxy groups -OCH3 is 1. The molecule has 0 saturated carbocycles. The molecule has 0 unspecified atom stereocenters. The molecule has 0 atom stereocenters. The van der Waals surface area contributed by atoms with E-state index in [1.54, 1.807) is 12.0 Å². The summed E-state index contributed by atoms with van der Waals surface area (Å²) in [5.74, 6) is 1.74. The SMILES string of the molecule is COc1ccc2cc(CN(C)C(=O)CCOc3ccccc3C)ccc2c1. The number of benzene rings is 3. The highest BCUT2D eigenvalue weighted by molar-refractivity contribution is 5.84. The lowest BCUT2D eigenvalue weighted by Gasteiger charge is -2.18. The first-order valence-electron chi connectivity index (χ1n) is 9.06. The van der Waals surface area contributed by atoms with E-state index in [-0.39, 0.29) is 5.91 Å². The largest absolute Gasteiger partial charge is 0.497 e. The molecule has 0 aliphatic heterocycles. The van der Waals surface area contributed by atoms with Crippen LogP contribution in [0.5, 0.6) is 11.5 Å². The van der Waals surface area contributed by atoms with Gasteiger partial charge in [0, 0.05) is 13.6 Å². The van der Waals surface area contributed by atoms with Crippen molar-refractivity contribution >= 4 is 16.7 Å². The topological polar surface area (TPSA) is 38.8 Å². The van der Waals surface area contributed by atoms with Gasteiger partial charge in [-0.05, 0) is 53.1 Å². The van der Waals surface area contributed by atoms with Gasteiger partial charge in [-0.25, -0.2) is 0 Å². The molecule has 0 N–H and O–H groups in total. The van der Waals surface area contributed by atoms with Gasteiger partial charge in [0.25, 0.3) is 0 Å². The molecule has 0 aromatic heterocycles. The second-order valence-electron chi connectivity index (χ2n) is 6.66. The summed E-state index contributed by atoms with van der Waals surface area (Å²) in [7, 11) is 3.49. The molecule has 0 spiro atoms. The van der Waals surface area contributed by atoms with Gasteiger partial charge in [-0.2, -0.15) is 0 Å². The van der Waals surface area contributed by atoms with Crippen molar-refractivity contribution in [1.82, 2.24) is 4.90 Å². The van der Waals surface area contributed by atoms with Gasteiger partial charge >= 0.3 is 0 Å². The molecule has 0 fully saturated rings. The highest BCUT2D eigenvalue weighted by Crippen LogP contribution is 2.22. The monoisotopic (exact) mass is 363 g/mol. The molecule has 27 heavy (non-hydrogen) atoms. The van der Waals surface area contributed by atoms with Gasteiger partial charge in [-0.3, -0.25) is 4.79 Å². The maximum Gasteiger partial charge on any atom is 0.226 e. The molecular weight excluding hydrogens is 338 g/mol. The minimum absolute atomic E-state index is 0.0680. The highest BCUT2D eigenvalue weighted by Gasteiger charge is 2.10. The minimum atomic E-state index is 0.0680. The minimum Gasteiger partial charge on any atom is -0.497 e. The Labute approximate surface area is 160 Å². The Bertz CT molecular complexity index is 936. The zero-order valence-corrected chi connectivity index (χ0v) is 16.1. The predicted octanol–water partition coefficient (Wildman–Crippen LogP) is 4.58. The Morgan fingerprint density at radius 2 is 1.74 bits per heavy atom. The molecule has 0 heterocycles. The molecule has 3 aromatic rings. The van der Waals surface area contributed by atoms with Crippen molar-refractivity contribution < 1.29 is 14.3 Å². The van der Waals surface area contributed by atoms with E-state index >= 15 is 0 Å². The number of carbonyl (C=O) groups is 1. The standard InChI is InChI=1S/C23H25NO3/c1-17-6-4-5-7-22(17)27-13-12-23(25)24(2)16-18-8-9-20-15-21(26-3)11-10-19(20)14-18/h4-11,14-15H,12-13,16H2,1-3H3. The summed E-state index contributed by atoms with van der Waals surface area (Å²) in [6, 6.07) is 20.1. The van der Waals surface area contributed by atoms with E-state index in [0.717, 1.165) is 33.4 Å². The quantitative estimate of drug-likeness (QED) is 0.616. The molecule has 0 radical (unpaired) electrons. The Balaban J connectivity index is 1.56. The number of carbonyl (C=O) groups excluding carboxylic acids is 1. The third-order valence-corrected chi connectivity index (χ3v) is 4.62. The van der Waals surface area contributed by atoms with Crippen LogP contribution in [0.4, 0.5) is 0 Å². The van der Waals surface area contributed by atoms with Crippen LogP contribution in [0.15, 0.2) is 60.7 Å². The summed E-state index contributed by atoms with van der Waals surface area (Å²) in [5.41, 5.74) is 2.18. The molecule has 3 rings (SSSR count). The Hall–Kier alpha value is -3.01. The molecule has 0 aliphatic carbocycles. The lowest BCUT2D eigenvalue weighted by molar-refractivity contribution is -0.130. The van der Waals surface area contributed by atoms with Gasteiger partial charge in [0.15, 0.2) is 0 Å². The Morgan fingerprint density at radius 3 is 2.52 bits per heavy atom. The number of fused-ring (bicyclic) bond motifs is 1. The fourth-order valence-corrected chi connectivity index (χ4v) is 3.02. The van der Waals surface area contributed by atoms with Crippen LogP contribution < -0.4 is 9.47 Å². The fraction of sp³-hybridized carbons (Fsp3) is 0.261. The van der Waals surface area contributed by atoms with Crippen molar-refractivity contribution in [2.24, 2.45) is 0 Å². The fourth-order valence-electron chi connectivity index (χ4n) is 3.02. The number of nitrogens with zero attached hydrogens (tertiary/aromatic N) is 1. The summed E-state index contributed by atoms with van der Waals surface area (Å²) >= 11 is 0. The van der Waals surface area contributed by atoms with E-state index < -0.39 is 0 Å². The summed E-state index contributed by atoms with van der Waals surface area (Å²) in [6.45, 7) is 2.95. The van der Waals surface area contributed by atoms with Gasteiger partial charge in [-0.1, -0.05) is 36.4 Å². The van der Waals surface area contributed by atoms with Crippen LogP contribution in [0.2, 0.25) is 0 Å². The molecule has 1 amide bonds. The molecule has 3 aromatic carbocycles. The Kier molecular flexibility index (Phi) is 5.97. The second-order valence-corrected chi connectivity index (χ2v) is 6.66. The zero-order valence-electron chi connectivity index (χ0n) is 16.1. The van der Waals surface area contributed by atoms with E-state index in [4.69, 9.17) is 9.47 Å². The van der Waals surface area contributed by atoms with Gasteiger partial charge in [0.05, 0.1) is 20.1 Å². The van der Waals surface area contributed by atoms with Crippen molar-refractivity contribution in [3.63, 3.8) is 0 Å². The zero-order chi connectivity index (χ0) is 19.2. The summed E-state index contributed by atoms with van der Waals surface area (Å²) in [5, 5.41) is 2.26. The van der Waals surface area contributed by atoms with E-state index in [1.807, 2.05) is 56.4 Å². The van der Waals surface area contributed by atoms with Crippen molar-refractivity contribution in [3.05, 3.63) is 71.8 Å². The van der Waals surface area contributed by atoms with Crippen molar-refractivity contribution in [2.45, 2.75) is 19.9 Å². The molecule has 140 valence electrons. The number of amides is 1. The van der Waals surface area contributed by atoms with Crippen molar-refractivity contribution in [1.29, 1.82) is 0 Å². The van der Waals surface area contributed by atoms with Crippen LogP contribution in [0, 0.1) is 6.92 Å². The average Bonchev–Trinajstić information content (AvgIpc) is 2.68. The van der Waals surface area contributed by atoms with Crippen LogP contribution in [-0.2, 0) is 11.3 Å². The van der Waals surface area contributed by atoms with Gasteiger partial charge < -0.3 is 14.4 Å². The second kappa shape index (κ2) is 8.58. The average molecular weight is 363 g/mol. The molecular formula is C23H25NO3. The highest BCUT2D eigenvalue weighted by atomic mass is 16.5. The summed E-state index contributed by atoms with van der Waals surface area (Å²) < 4.78 is 11.0. The van der Waals surface area contributed by atoms with Crippen LogP contribution in [0.1, 0.15) is 17.5 Å². The molecule has 0 aliphatic rings. The summed E-state index contributed by atoms with van der Waals surface area (Å²) in [6.07, 6.45) is 0.357. The van der Waals surface area contributed by atoms with Gasteiger partial charge in [0.1, 0.15) is 11.5 Å². The van der Waals surface area contributed by atoms with E-state index in [2.05, 4.69) is 18.2 Å². The van der Waals surface area contributed by atoms with Gasteiger partial charge in [-0.15, -0.1) is 0 Å². The summed E-state index contributed by atoms with van der Waals surface area (Å²) in [4.78, 5) is 14.1. The number of hydrogen-bond acceptors (Lipinski definition) is 3. The van der Waals surface area contributed by atoms with Crippen LogP contribution >= 0.6 is 0 Å². The van der Waals surface area contributed by atoms with Crippen molar-refractivity contribution in [3.8, 4) is 11.5 Å². The molecule has 4 heteroatoms. The molecule has 4 nitrogen and oxygen atoms in total. The van der Waals surface area contributed by atoms with E-state index in [9.17, 15) is 4.79 Å². The number of ether oxygens (including phenoxy) is 2. The smallest absolute Gasteiger partial charge is 0.226 e. The van der Waals surface area contributed by atoms with Crippen molar-refractivity contribution in [2.75, 3.05) is 20.8 Å². The first-order valence-corrected chi connectivity index (χ1v) is 9.06. The first-order chi connectivity index (χ1) is 13.1. The molecule has 0 bridgehead atoms. The van der Waals surface area contributed by atoms with Gasteiger partial charge in [0.2, 0.25) is 5.91 Å². The normalized spacial score (nSPS) is 10.6. The third-order valence-electron chi connectivity index (χ3n) is 4.62. The van der Waals surface area contributed by atoms with Crippen LogP contribution in [-0.4, -0.2) is 31.6 Å². The lowest BCUT2D eigenvalue weighted by atomic mass is 10.1. The maximum absolute atomic E-state index is 12.4. The first kappa shape index (κ1) is 18.8. The molecule has 0 saturated heterocycles. The Morgan fingerprint density at radius 1 is 1.00 bits per heavy atom. The predicted molar refractivity (Wildman–Crippen MR) is 108 cm³/mol. The number of hydrogen-bond donors (Lipinski definition) is 0. The van der Waals surface area contributed by atoms with E-state index in [1.165, 1.54) is 0 Å². The number of rotatable bonds is 7.